The molecule has 1 aromatic heterocycles. The average Bonchev–Trinajstić information content (AvgIpc) is 2.85. The Balaban J connectivity index is 0.00000400. The smallest absolute Gasteiger partial charge is 0.338 e. The lowest BCUT2D eigenvalue weighted by atomic mass is 9.88. The third kappa shape index (κ3) is 7.56. The summed E-state index contributed by atoms with van der Waals surface area (Å²) in [6.07, 6.45) is 8.69. The number of allylic oxidation sites excluding steroid dienone is 2. The number of hydrogen-bond acceptors (Lipinski definition) is 7. The van der Waals surface area contributed by atoms with Crippen LogP contribution in [0.1, 0.15) is 52.9 Å². The Kier molecular flexibility index (Phi) is 9.62. The van der Waals surface area contributed by atoms with Gasteiger partial charge in [0.25, 0.3) is 0 Å². The van der Waals surface area contributed by atoms with Crippen LogP contribution in [0.15, 0.2) is 23.1 Å². The van der Waals surface area contributed by atoms with Gasteiger partial charge in [0.05, 0.1) is 5.54 Å². The molecule has 5 N–H and O–H groups in total. The topological polar surface area (TPSA) is 143 Å². The van der Waals surface area contributed by atoms with Crippen molar-refractivity contribution in [2.45, 2.75) is 64.0 Å². The molecule has 1 aromatic rings. The monoisotopic (exact) mass is 550 g/mol. The summed E-state index contributed by atoms with van der Waals surface area (Å²) in [5, 5.41) is 2.72. The Hall–Kier alpha value is -2.47. The van der Waals surface area contributed by atoms with E-state index in [2.05, 4.69) is 28.2 Å². The standard InChI is InChI=1S/C26H42N8O3.ClH/c1-25(2,27)22(35)32-14-16-33(17-15-32)23(36)29-21-8-11-34(24(37)30-21)20-6-4-19(5-7-20)18-31-12-9-26(3,28)10-13-31;/h6,8,11,19H,4-5,7,9-10,12-18,27-28H2,1-3H3,(H,29,30,36,37);1H. The molecule has 1 aliphatic carbocycles. The maximum Gasteiger partial charge on any atom is 0.353 e. The molecule has 2 aliphatic heterocycles. The molecule has 212 valence electrons. The van der Waals surface area contributed by atoms with Gasteiger partial charge < -0.3 is 26.2 Å². The van der Waals surface area contributed by atoms with Crippen molar-refractivity contribution in [1.82, 2.24) is 24.3 Å². The lowest BCUT2D eigenvalue weighted by Crippen LogP contribution is -2.58. The second-order valence-corrected chi connectivity index (χ2v) is 11.7. The zero-order chi connectivity index (χ0) is 26.8. The molecule has 3 amide bonds. The van der Waals surface area contributed by atoms with Gasteiger partial charge in [-0.05, 0) is 77.9 Å². The highest BCUT2D eigenvalue weighted by atomic mass is 35.5. The van der Waals surface area contributed by atoms with E-state index < -0.39 is 11.2 Å². The Bertz CT molecular complexity index is 1080. The first-order valence-electron chi connectivity index (χ1n) is 13.4. The van der Waals surface area contributed by atoms with Gasteiger partial charge in [0.15, 0.2) is 0 Å². The van der Waals surface area contributed by atoms with Gasteiger partial charge in [-0.25, -0.2) is 9.59 Å². The number of rotatable bonds is 5. The number of likely N-dealkylation sites (tertiary alicyclic amines) is 1. The van der Waals surface area contributed by atoms with Crippen LogP contribution in [0.25, 0.3) is 5.70 Å². The van der Waals surface area contributed by atoms with Gasteiger partial charge in [-0.1, -0.05) is 6.08 Å². The van der Waals surface area contributed by atoms with Crippen molar-refractivity contribution in [3.8, 4) is 0 Å². The Morgan fingerprint density at radius 1 is 1.13 bits per heavy atom. The zero-order valence-corrected chi connectivity index (χ0v) is 23.6. The van der Waals surface area contributed by atoms with Gasteiger partial charge in [0, 0.05) is 50.2 Å². The number of carbonyl (C=O) groups is 2. The zero-order valence-electron chi connectivity index (χ0n) is 22.8. The predicted molar refractivity (Wildman–Crippen MR) is 151 cm³/mol. The highest BCUT2D eigenvalue weighted by molar-refractivity contribution is 5.89. The molecule has 2 fully saturated rings. The number of nitrogens with zero attached hydrogens (tertiary/aromatic N) is 5. The highest BCUT2D eigenvalue weighted by Crippen LogP contribution is 2.28. The molecule has 3 heterocycles. The van der Waals surface area contributed by atoms with Crippen molar-refractivity contribution in [1.29, 1.82) is 0 Å². The quantitative estimate of drug-likeness (QED) is 0.504. The fourth-order valence-corrected chi connectivity index (χ4v) is 5.27. The van der Waals surface area contributed by atoms with Crippen LogP contribution in [0.3, 0.4) is 0 Å². The van der Waals surface area contributed by atoms with E-state index in [9.17, 15) is 14.4 Å². The first-order chi connectivity index (χ1) is 17.4. The van der Waals surface area contributed by atoms with E-state index in [0.717, 1.165) is 57.4 Å². The molecule has 2 saturated heterocycles. The summed E-state index contributed by atoms with van der Waals surface area (Å²) in [5.74, 6) is 0.672. The molecule has 38 heavy (non-hydrogen) atoms. The molecule has 12 heteroatoms. The minimum Gasteiger partial charge on any atom is -0.338 e. The Morgan fingerprint density at radius 3 is 2.32 bits per heavy atom. The molecule has 0 saturated carbocycles. The summed E-state index contributed by atoms with van der Waals surface area (Å²) in [7, 11) is 0. The van der Waals surface area contributed by atoms with E-state index in [1.807, 2.05) is 0 Å². The third-order valence-electron chi connectivity index (χ3n) is 7.76. The molecular formula is C26H43ClN8O3. The van der Waals surface area contributed by atoms with E-state index in [0.29, 0.717) is 32.1 Å². The third-order valence-corrected chi connectivity index (χ3v) is 7.76. The SMILES string of the molecule is CC1(N)CCN(CC2CC=C(n3ccc(NC(=O)N4CCN(C(=O)C(C)(C)N)CC4)nc3=O)CC2)CC1.Cl. The summed E-state index contributed by atoms with van der Waals surface area (Å²) in [5.41, 5.74) is 11.8. The second kappa shape index (κ2) is 12.1. The number of nitrogens with two attached hydrogens (primary N) is 2. The van der Waals surface area contributed by atoms with Crippen LogP contribution >= 0.6 is 12.4 Å². The summed E-state index contributed by atoms with van der Waals surface area (Å²) >= 11 is 0. The van der Waals surface area contributed by atoms with E-state index in [1.54, 1.807) is 40.5 Å². The fraction of sp³-hybridized carbons (Fsp3) is 0.692. The summed E-state index contributed by atoms with van der Waals surface area (Å²) in [6.45, 7) is 10.3. The van der Waals surface area contributed by atoms with Gasteiger partial charge >= 0.3 is 11.7 Å². The summed E-state index contributed by atoms with van der Waals surface area (Å²) in [6, 6.07) is 1.32. The van der Waals surface area contributed by atoms with Crippen LogP contribution in [-0.2, 0) is 4.79 Å². The normalized spacial score (nSPS) is 22.3. The number of hydrogen-bond donors (Lipinski definition) is 3. The molecule has 11 nitrogen and oxygen atoms in total. The van der Waals surface area contributed by atoms with Crippen LogP contribution in [0.4, 0.5) is 10.6 Å². The number of urea groups is 1. The molecule has 4 rings (SSSR count). The maximum absolute atomic E-state index is 12.7. The van der Waals surface area contributed by atoms with Crippen molar-refractivity contribution in [3.05, 3.63) is 28.8 Å². The number of piperidine rings is 1. The largest absolute Gasteiger partial charge is 0.353 e. The summed E-state index contributed by atoms with van der Waals surface area (Å²) < 4.78 is 1.57. The highest BCUT2D eigenvalue weighted by Gasteiger charge is 2.31. The lowest BCUT2D eigenvalue weighted by molar-refractivity contribution is -0.137. The molecule has 3 aliphatic rings. The second-order valence-electron chi connectivity index (χ2n) is 11.7. The number of halogens is 1. The van der Waals surface area contributed by atoms with E-state index in [4.69, 9.17) is 11.5 Å². The van der Waals surface area contributed by atoms with Gasteiger partial charge in [0.2, 0.25) is 5.91 Å². The number of nitrogens with one attached hydrogen (secondary N) is 1. The van der Waals surface area contributed by atoms with Crippen molar-refractivity contribution in [2.75, 3.05) is 51.1 Å². The Morgan fingerprint density at radius 2 is 1.76 bits per heavy atom. The minimum absolute atomic E-state index is 0. The summed E-state index contributed by atoms with van der Waals surface area (Å²) in [4.78, 5) is 47.7. The molecule has 1 unspecified atom stereocenters. The average molecular weight is 551 g/mol. The van der Waals surface area contributed by atoms with Gasteiger partial charge in [-0.2, -0.15) is 4.98 Å². The van der Waals surface area contributed by atoms with Crippen molar-refractivity contribution >= 4 is 35.9 Å². The molecule has 1 atom stereocenters. The molecule has 0 bridgehead atoms. The van der Waals surface area contributed by atoms with E-state index in [1.165, 1.54) is 0 Å². The molecule has 0 aromatic carbocycles. The van der Waals surface area contributed by atoms with Gasteiger partial charge in [-0.15, -0.1) is 12.4 Å². The number of anilines is 1. The van der Waals surface area contributed by atoms with Crippen LogP contribution in [0.5, 0.6) is 0 Å². The fourth-order valence-electron chi connectivity index (χ4n) is 5.27. The van der Waals surface area contributed by atoms with E-state index >= 15 is 0 Å². The molecular weight excluding hydrogens is 508 g/mol. The van der Waals surface area contributed by atoms with E-state index in [-0.39, 0.29) is 35.7 Å². The van der Waals surface area contributed by atoms with Crippen LogP contribution in [0.2, 0.25) is 0 Å². The first kappa shape index (κ1) is 30.1. The number of piperazine rings is 1. The van der Waals surface area contributed by atoms with Crippen LogP contribution < -0.4 is 22.5 Å². The predicted octanol–water partition coefficient (Wildman–Crippen LogP) is 1.53. The lowest BCUT2D eigenvalue weighted by Gasteiger charge is -2.38. The number of aromatic nitrogens is 2. The van der Waals surface area contributed by atoms with Gasteiger partial charge in [-0.3, -0.25) is 14.7 Å². The maximum atomic E-state index is 12.7. The Labute approximate surface area is 231 Å². The van der Waals surface area contributed by atoms with Crippen molar-refractivity contribution in [2.24, 2.45) is 17.4 Å². The first-order valence-corrected chi connectivity index (χ1v) is 13.4. The number of carbonyl (C=O) groups excluding carboxylic acids is 2. The van der Waals surface area contributed by atoms with Crippen molar-refractivity contribution in [3.63, 3.8) is 0 Å². The number of amides is 3. The molecule has 0 radical (unpaired) electrons. The van der Waals surface area contributed by atoms with Gasteiger partial charge in [0.1, 0.15) is 5.82 Å². The van der Waals surface area contributed by atoms with Crippen LogP contribution in [0, 0.1) is 5.92 Å². The van der Waals surface area contributed by atoms with Crippen molar-refractivity contribution < 1.29 is 9.59 Å². The minimum atomic E-state index is -0.937. The van der Waals surface area contributed by atoms with Crippen LogP contribution in [-0.4, -0.2) is 93.1 Å². The molecule has 0 spiro atoms.